The Bertz CT molecular complexity index is 999. The zero-order valence-electron chi connectivity index (χ0n) is 12.3. The molecule has 24 heavy (non-hydrogen) atoms. The normalized spacial score (nSPS) is 11.3. The average molecular weight is 323 g/mol. The minimum absolute atomic E-state index is 0.191. The Morgan fingerprint density at radius 2 is 2.00 bits per heavy atom. The molecule has 0 saturated heterocycles. The van der Waals surface area contributed by atoms with Crippen molar-refractivity contribution in [3.05, 3.63) is 71.4 Å². The largest absolute Gasteiger partial charge is 0.361 e. The molecule has 2 N–H and O–H groups in total. The summed E-state index contributed by atoms with van der Waals surface area (Å²) >= 11 is 0. The number of amides is 1. The Morgan fingerprint density at radius 1 is 1.21 bits per heavy atom. The average Bonchev–Trinajstić information content (AvgIpc) is 2.98. The molecule has 0 spiro atoms. The van der Waals surface area contributed by atoms with Crippen LogP contribution in [0.25, 0.3) is 17.0 Å². The minimum Gasteiger partial charge on any atom is -0.361 e. The molecule has 0 saturated carbocycles. The Hall–Kier alpha value is -3.46. The standard InChI is InChI=1S/C18H11F2N3O/c19-13-5-6-17(15(20)8-13)23-18(24)11(9-21)7-12-10-22-16-4-2-1-3-14(12)16/h1-8,10,22H,(H,23,24)/b11-7+. The number of nitrogens with zero attached hydrogens (tertiary/aromatic N) is 1. The maximum atomic E-state index is 13.6. The number of carbonyl (C=O) groups is 1. The number of carbonyl (C=O) groups excluding carboxylic acids is 1. The van der Waals surface area contributed by atoms with Gasteiger partial charge in [-0.1, -0.05) is 18.2 Å². The number of benzene rings is 2. The van der Waals surface area contributed by atoms with E-state index in [-0.39, 0.29) is 11.3 Å². The van der Waals surface area contributed by atoms with E-state index in [1.807, 2.05) is 24.3 Å². The predicted octanol–water partition coefficient (Wildman–Crippen LogP) is 3.99. The van der Waals surface area contributed by atoms with Gasteiger partial charge in [0.2, 0.25) is 0 Å². The number of rotatable bonds is 3. The Labute approximate surface area is 136 Å². The van der Waals surface area contributed by atoms with Crippen LogP contribution in [-0.4, -0.2) is 10.9 Å². The first-order chi connectivity index (χ1) is 11.6. The molecule has 0 unspecified atom stereocenters. The summed E-state index contributed by atoms with van der Waals surface area (Å²) in [4.78, 5) is 15.2. The van der Waals surface area contributed by atoms with E-state index in [1.54, 1.807) is 12.3 Å². The number of H-pyrrole nitrogens is 1. The third-order valence-electron chi connectivity index (χ3n) is 3.47. The number of nitrogens with one attached hydrogen (secondary N) is 2. The van der Waals surface area contributed by atoms with Crippen molar-refractivity contribution >= 4 is 28.6 Å². The van der Waals surface area contributed by atoms with Crippen molar-refractivity contribution in [3.8, 4) is 6.07 Å². The fraction of sp³-hybridized carbons (Fsp3) is 0. The highest BCUT2D eigenvalue weighted by atomic mass is 19.1. The molecule has 0 aliphatic carbocycles. The summed E-state index contributed by atoms with van der Waals surface area (Å²) in [6.45, 7) is 0. The van der Waals surface area contributed by atoms with Gasteiger partial charge in [0.15, 0.2) is 0 Å². The van der Waals surface area contributed by atoms with E-state index < -0.39 is 17.5 Å². The Balaban J connectivity index is 1.90. The molecule has 2 aromatic carbocycles. The molecule has 6 heteroatoms. The van der Waals surface area contributed by atoms with Crippen LogP contribution < -0.4 is 5.32 Å². The maximum Gasteiger partial charge on any atom is 0.266 e. The second-order valence-electron chi connectivity index (χ2n) is 5.04. The van der Waals surface area contributed by atoms with Crippen LogP contribution in [0.3, 0.4) is 0 Å². The number of halogens is 2. The SMILES string of the molecule is N#C/C(=C\c1c[nH]c2ccccc12)C(=O)Nc1ccc(F)cc1F. The van der Waals surface area contributed by atoms with Crippen molar-refractivity contribution in [1.82, 2.24) is 4.98 Å². The second-order valence-corrected chi connectivity index (χ2v) is 5.04. The van der Waals surface area contributed by atoms with E-state index in [2.05, 4.69) is 10.3 Å². The van der Waals surface area contributed by atoms with Crippen molar-refractivity contribution in [2.45, 2.75) is 0 Å². The fourth-order valence-corrected chi connectivity index (χ4v) is 2.30. The molecule has 3 aromatic rings. The van der Waals surface area contributed by atoms with Gasteiger partial charge in [0.25, 0.3) is 5.91 Å². The van der Waals surface area contributed by atoms with Crippen LogP contribution in [0.2, 0.25) is 0 Å². The number of aromatic amines is 1. The van der Waals surface area contributed by atoms with Gasteiger partial charge in [-0.05, 0) is 24.3 Å². The van der Waals surface area contributed by atoms with Gasteiger partial charge in [0, 0.05) is 28.7 Å². The van der Waals surface area contributed by atoms with E-state index in [9.17, 15) is 18.8 Å². The smallest absolute Gasteiger partial charge is 0.266 e. The first kappa shape index (κ1) is 15.4. The lowest BCUT2D eigenvalue weighted by molar-refractivity contribution is -0.112. The highest BCUT2D eigenvalue weighted by molar-refractivity contribution is 6.10. The van der Waals surface area contributed by atoms with Gasteiger partial charge in [-0.2, -0.15) is 5.26 Å². The third-order valence-corrected chi connectivity index (χ3v) is 3.47. The summed E-state index contributed by atoms with van der Waals surface area (Å²) in [6, 6.07) is 12.0. The molecule has 0 radical (unpaired) electrons. The zero-order chi connectivity index (χ0) is 17.1. The molecule has 0 aliphatic heterocycles. The quantitative estimate of drug-likeness (QED) is 0.565. The second kappa shape index (κ2) is 6.34. The van der Waals surface area contributed by atoms with Crippen LogP contribution >= 0.6 is 0 Å². The summed E-state index contributed by atoms with van der Waals surface area (Å²) in [6.07, 6.45) is 3.09. The summed E-state index contributed by atoms with van der Waals surface area (Å²) in [5, 5.41) is 12.3. The van der Waals surface area contributed by atoms with Crippen LogP contribution in [0.4, 0.5) is 14.5 Å². The minimum atomic E-state index is -0.910. The third kappa shape index (κ3) is 3.01. The van der Waals surface area contributed by atoms with Crippen molar-refractivity contribution in [3.63, 3.8) is 0 Å². The Kier molecular flexibility index (Phi) is 4.08. The van der Waals surface area contributed by atoms with Crippen molar-refractivity contribution in [2.24, 2.45) is 0 Å². The van der Waals surface area contributed by atoms with E-state index in [1.165, 1.54) is 6.08 Å². The molecule has 1 amide bonds. The lowest BCUT2D eigenvalue weighted by atomic mass is 10.1. The zero-order valence-corrected chi connectivity index (χ0v) is 12.3. The first-order valence-corrected chi connectivity index (χ1v) is 7.03. The number of hydrogen-bond donors (Lipinski definition) is 2. The van der Waals surface area contributed by atoms with Gasteiger partial charge in [-0.15, -0.1) is 0 Å². The summed E-state index contributed by atoms with van der Waals surface area (Å²) in [5.41, 5.74) is 1.15. The fourth-order valence-electron chi connectivity index (χ4n) is 2.30. The monoisotopic (exact) mass is 323 g/mol. The summed E-state index contributed by atoms with van der Waals surface area (Å²) < 4.78 is 26.5. The molecule has 4 nitrogen and oxygen atoms in total. The van der Waals surface area contributed by atoms with Crippen LogP contribution in [-0.2, 0) is 4.79 Å². The summed E-state index contributed by atoms with van der Waals surface area (Å²) in [7, 11) is 0. The highest BCUT2D eigenvalue weighted by Crippen LogP contribution is 2.21. The van der Waals surface area contributed by atoms with E-state index >= 15 is 0 Å². The van der Waals surface area contributed by atoms with E-state index in [4.69, 9.17) is 0 Å². The van der Waals surface area contributed by atoms with Crippen LogP contribution in [0, 0.1) is 23.0 Å². The molecular formula is C18H11F2N3O. The number of nitriles is 1. The predicted molar refractivity (Wildman–Crippen MR) is 86.9 cm³/mol. The highest BCUT2D eigenvalue weighted by Gasteiger charge is 2.13. The number of para-hydroxylation sites is 1. The topological polar surface area (TPSA) is 68.7 Å². The maximum absolute atomic E-state index is 13.6. The van der Waals surface area contributed by atoms with Crippen LogP contribution in [0.1, 0.15) is 5.56 Å². The van der Waals surface area contributed by atoms with Crippen LogP contribution in [0.15, 0.2) is 54.2 Å². The molecule has 0 atom stereocenters. The molecule has 3 rings (SSSR count). The number of aromatic nitrogens is 1. The van der Waals surface area contributed by atoms with Crippen molar-refractivity contribution in [2.75, 3.05) is 5.32 Å². The van der Waals surface area contributed by atoms with Gasteiger partial charge >= 0.3 is 0 Å². The lowest BCUT2D eigenvalue weighted by Crippen LogP contribution is -2.14. The molecule has 0 fully saturated rings. The van der Waals surface area contributed by atoms with E-state index in [0.29, 0.717) is 11.6 Å². The van der Waals surface area contributed by atoms with Gasteiger partial charge < -0.3 is 10.3 Å². The van der Waals surface area contributed by atoms with Gasteiger partial charge in [0.05, 0.1) is 5.69 Å². The number of fused-ring (bicyclic) bond motifs is 1. The summed E-state index contributed by atoms with van der Waals surface area (Å²) in [5.74, 6) is -2.43. The van der Waals surface area contributed by atoms with Gasteiger partial charge in [-0.3, -0.25) is 4.79 Å². The molecule has 0 aliphatic rings. The van der Waals surface area contributed by atoms with Crippen molar-refractivity contribution in [1.29, 1.82) is 5.26 Å². The Morgan fingerprint density at radius 3 is 2.75 bits per heavy atom. The first-order valence-electron chi connectivity index (χ1n) is 7.03. The van der Waals surface area contributed by atoms with Gasteiger partial charge in [0.1, 0.15) is 23.3 Å². The van der Waals surface area contributed by atoms with Crippen molar-refractivity contribution < 1.29 is 13.6 Å². The molecular weight excluding hydrogens is 312 g/mol. The van der Waals surface area contributed by atoms with Gasteiger partial charge in [-0.25, -0.2) is 8.78 Å². The molecule has 1 heterocycles. The number of hydrogen-bond acceptors (Lipinski definition) is 2. The molecule has 118 valence electrons. The lowest BCUT2D eigenvalue weighted by Gasteiger charge is -2.05. The number of anilines is 1. The van der Waals surface area contributed by atoms with Crippen LogP contribution in [0.5, 0.6) is 0 Å². The molecule has 0 bridgehead atoms. The molecule has 1 aromatic heterocycles. The van der Waals surface area contributed by atoms with E-state index in [0.717, 1.165) is 23.0 Å².